The zero-order chi connectivity index (χ0) is 17.2. The molecule has 0 radical (unpaired) electrons. The van der Waals surface area contributed by atoms with E-state index < -0.39 is 15.8 Å². The SMILES string of the molecule is C[NH+]1CCN(c2ccc(NS(=O)(=O)c3ccccc3F)cc2)CC1. The van der Waals surface area contributed by atoms with E-state index in [1.807, 2.05) is 12.1 Å². The Bertz CT molecular complexity index is 801. The average Bonchev–Trinajstić information content (AvgIpc) is 2.56. The Morgan fingerprint density at radius 1 is 1.04 bits per heavy atom. The van der Waals surface area contributed by atoms with Crippen LogP contribution in [0.5, 0.6) is 0 Å². The maximum absolute atomic E-state index is 13.7. The van der Waals surface area contributed by atoms with Gasteiger partial charge >= 0.3 is 0 Å². The minimum Gasteiger partial charge on any atom is -0.360 e. The molecule has 1 aliphatic rings. The van der Waals surface area contributed by atoms with Crippen molar-refractivity contribution in [2.75, 3.05) is 42.8 Å². The van der Waals surface area contributed by atoms with Crippen LogP contribution in [0.2, 0.25) is 0 Å². The summed E-state index contributed by atoms with van der Waals surface area (Å²) in [5.41, 5.74) is 1.48. The van der Waals surface area contributed by atoms with E-state index in [-0.39, 0.29) is 4.90 Å². The van der Waals surface area contributed by atoms with Crippen molar-refractivity contribution in [3.63, 3.8) is 0 Å². The number of benzene rings is 2. The molecule has 1 fully saturated rings. The lowest BCUT2D eigenvalue weighted by molar-refractivity contribution is -0.880. The summed E-state index contributed by atoms with van der Waals surface area (Å²) in [4.78, 5) is 3.44. The molecule has 0 atom stereocenters. The van der Waals surface area contributed by atoms with Gasteiger partial charge in [0.15, 0.2) is 0 Å². The molecule has 1 saturated heterocycles. The van der Waals surface area contributed by atoms with Gasteiger partial charge in [0.1, 0.15) is 10.7 Å². The Kier molecular flexibility index (Phi) is 4.73. The topological polar surface area (TPSA) is 53.9 Å². The van der Waals surface area contributed by atoms with Crippen molar-refractivity contribution in [2.45, 2.75) is 4.90 Å². The van der Waals surface area contributed by atoms with E-state index in [9.17, 15) is 12.8 Å². The molecule has 7 heteroatoms. The summed E-state index contributed by atoms with van der Waals surface area (Å²) in [6, 6.07) is 12.5. The van der Waals surface area contributed by atoms with E-state index in [2.05, 4.69) is 16.7 Å². The lowest BCUT2D eigenvalue weighted by Crippen LogP contribution is -3.12. The van der Waals surface area contributed by atoms with Gasteiger partial charge in [-0.3, -0.25) is 4.72 Å². The Morgan fingerprint density at radius 3 is 2.29 bits per heavy atom. The van der Waals surface area contributed by atoms with Gasteiger partial charge < -0.3 is 9.80 Å². The van der Waals surface area contributed by atoms with Crippen LogP contribution in [0.25, 0.3) is 0 Å². The molecule has 2 aromatic rings. The van der Waals surface area contributed by atoms with Gasteiger partial charge in [-0.2, -0.15) is 0 Å². The second-order valence-electron chi connectivity index (χ2n) is 6.03. The zero-order valence-corrected chi connectivity index (χ0v) is 14.3. The van der Waals surface area contributed by atoms with E-state index in [0.717, 1.165) is 37.9 Å². The predicted molar refractivity (Wildman–Crippen MR) is 92.5 cm³/mol. The largest absolute Gasteiger partial charge is 0.360 e. The van der Waals surface area contributed by atoms with Crippen LogP contribution in [0.3, 0.4) is 0 Å². The number of quaternary nitrogens is 1. The monoisotopic (exact) mass is 350 g/mol. The third kappa shape index (κ3) is 3.68. The number of rotatable bonds is 4. The first kappa shape index (κ1) is 16.7. The summed E-state index contributed by atoms with van der Waals surface area (Å²) in [5, 5.41) is 0. The molecular weight excluding hydrogens is 329 g/mol. The van der Waals surface area contributed by atoms with Gasteiger partial charge in [-0.15, -0.1) is 0 Å². The molecule has 2 N–H and O–H groups in total. The molecule has 1 heterocycles. The van der Waals surface area contributed by atoms with Gasteiger partial charge in [0, 0.05) is 11.4 Å². The molecule has 0 amide bonds. The first-order chi connectivity index (χ1) is 11.5. The third-order valence-corrected chi connectivity index (χ3v) is 5.64. The minimum absolute atomic E-state index is 0.351. The van der Waals surface area contributed by atoms with E-state index >= 15 is 0 Å². The Labute approximate surface area is 141 Å². The molecular formula is C17H21FN3O2S+. The van der Waals surface area contributed by atoms with Crippen LogP contribution in [-0.2, 0) is 10.0 Å². The number of piperazine rings is 1. The maximum atomic E-state index is 13.7. The predicted octanol–water partition coefficient (Wildman–Crippen LogP) is 0.961. The summed E-state index contributed by atoms with van der Waals surface area (Å²) in [7, 11) is -1.75. The molecule has 1 aliphatic heterocycles. The highest BCUT2D eigenvalue weighted by Crippen LogP contribution is 2.22. The van der Waals surface area contributed by atoms with Crippen LogP contribution in [0.1, 0.15) is 0 Å². The van der Waals surface area contributed by atoms with Gasteiger partial charge in [0.2, 0.25) is 0 Å². The van der Waals surface area contributed by atoms with Crippen molar-refractivity contribution >= 4 is 21.4 Å². The van der Waals surface area contributed by atoms with Crippen LogP contribution in [0.15, 0.2) is 53.4 Å². The smallest absolute Gasteiger partial charge is 0.264 e. The highest BCUT2D eigenvalue weighted by molar-refractivity contribution is 7.92. The Balaban J connectivity index is 1.73. The van der Waals surface area contributed by atoms with Gasteiger partial charge in [-0.1, -0.05) is 12.1 Å². The molecule has 0 aromatic heterocycles. The van der Waals surface area contributed by atoms with Crippen LogP contribution in [0.4, 0.5) is 15.8 Å². The van der Waals surface area contributed by atoms with Gasteiger partial charge in [0.05, 0.1) is 33.2 Å². The number of sulfonamides is 1. The average molecular weight is 350 g/mol. The van der Waals surface area contributed by atoms with Crippen molar-refractivity contribution in [3.05, 3.63) is 54.3 Å². The van der Waals surface area contributed by atoms with Gasteiger partial charge in [-0.05, 0) is 36.4 Å². The second-order valence-corrected chi connectivity index (χ2v) is 7.68. The Morgan fingerprint density at radius 2 is 1.67 bits per heavy atom. The fraction of sp³-hybridized carbons (Fsp3) is 0.294. The first-order valence-electron chi connectivity index (χ1n) is 7.89. The van der Waals surface area contributed by atoms with E-state index in [1.54, 1.807) is 12.1 Å². The number of hydrogen-bond donors (Lipinski definition) is 2. The van der Waals surface area contributed by atoms with E-state index in [1.165, 1.54) is 23.1 Å². The van der Waals surface area contributed by atoms with Crippen LogP contribution in [0, 0.1) is 5.82 Å². The summed E-state index contributed by atoms with van der Waals surface area (Å²) in [5.74, 6) is -0.762. The van der Waals surface area contributed by atoms with Gasteiger partial charge in [-0.25, -0.2) is 12.8 Å². The Hall–Kier alpha value is -2.12. The molecule has 5 nitrogen and oxygen atoms in total. The molecule has 3 rings (SSSR count). The fourth-order valence-electron chi connectivity index (χ4n) is 2.76. The molecule has 0 spiro atoms. The number of anilines is 2. The number of hydrogen-bond acceptors (Lipinski definition) is 3. The molecule has 128 valence electrons. The number of likely N-dealkylation sites (N-methyl/N-ethyl adjacent to an activating group) is 1. The van der Waals surface area contributed by atoms with Crippen molar-refractivity contribution < 1.29 is 17.7 Å². The molecule has 0 bridgehead atoms. The summed E-state index contributed by atoms with van der Waals surface area (Å²) >= 11 is 0. The zero-order valence-electron chi connectivity index (χ0n) is 13.5. The van der Waals surface area contributed by atoms with Crippen molar-refractivity contribution in [3.8, 4) is 0 Å². The highest BCUT2D eigenvalue weighted by atomic mass is 32.2. The summed E-state index contributed by atoms with van der Waals surface area (Å²) < 4.78 is 40.7. The highest BCUT2D eigenvalue weighted by Gasteiger charge is 2.19. The summed E-state index contributed by atoms with van der Waals surface area (Å²) in [6.45, 7) is 4.13. The van der Waals surface area contributed by atoms with Crippen molar-refractivity contribution in [2.24, 2.45) is 0 Å². The van der Waals surface area contributed by atoms with Crippen LogP contribution >= 0.6 is 0 Å². The summed E-state index contributed by atoms with van der Waals surface area (Å²) in [6.07, 6.45) is 0. The number of nitrogens with zero attached hydrogens (tertiary/aromatic N) is 1. The number of halogens is 1. The third-order valence-electron chi connectivity index (χ3n) is 4.23. The fourth-order valence-corrected chi connectivity index (χ4v) is 3.90. The maximum Gasteiger partial charge on any atom is 0.264 e. The molecule has 0 aliphatic carbocycles. The lowest BCUT2D eigenvalue weighted by Gasteiger charge is -2.31. The van der Waals surface area contributed by atoms with E-state index in [0.29, 0.717) is 5.69 Å². The van der Waals surface area contributed by atoms with Crippen LogP contribution in [-0.4, -0.2) is 41.6 Å². The second kappa shape index (κ2) is 6.78. The molecule has 0 saturated carbocycles. The normalized spacial score (nSPS) is 16.2. The first-order valence-corrected chi connectivity index (χ1v) is 9.38. The molecule has 0 unspecified atom stereocenters. The number of nitrogens with one attached hydrogen (secondary N) is 2. The van der Waals surface area contributed by atoms with Gasteiger partial charge in [0.25, 0.3) is 10.0 Å². The molecule has 24 heavy (non-hydrogen) atoms. The van der Waals surface area contributed by atoms with Crippen molar-refractivity contribution in [1.29, 1.82) is 0 Å². The van der Waals surface area contributed by atoms with Crippen LogP contribution < -0.4 is 14.5 Å². The minimum atomic E-state index is -3.93. The lowest BCUT2D eigenvalue weighted by atomic mass is 10.2. The quantitative estimate of drug-likeness (QED) is 0.864. The van der Waals surface area contributed by atoms with E-state index in [4.69, 9.17) is 0 Å². The molecule has 2 aromatic carbocycles. The standard InChI is InChI=1S/C17H20FN3O2S/c1-20-10-12-21(13-11-20)15-8-6-14(7-9-15)19-24(22,23)17-5-3-2-4-16(17)18/h2-9,19H,10-13H2,1H3/p+1. The van der Waals surface area contributed by atoms with Crippen molar-refractivity contribution in [1.82, 2.24) is 0 Å².